The molecule has 0 N–H and O–H groups in total. The molecule has 1 aromatic heterocycles. The van der Waals surface area contributed by atoms with Crippen LogP contribution in [0.1, 0.15) is 0 Å². The van der Waals surface area contributed by atoms with Crippen LogP contribution in [0.2, 0.25) is 0 Å². The van der Waals surface area contributed by atoms with Gasteiger partial charge in [0.25, 0.3) is 0 Å². The first kappa shape index (κ1) is 31.1. The Balaban J connectivity index is 1.26. The van der Waals surface area contributed by atoms with Crippen LogP contribution in [0.3, 0.4) is 0 Å². The molecule has 0 aliphatic carbocycles. The standard InChI is InChI=1S/C50H35NOSi/c1-4-19-40(20-5-1)53(41-21-6-2-7-22-41,42-23-8-3-9-24-42)43-25-15-18-38(34-43)51(48-28-14-17-36-16-10-11-26-44(36)48)39-32-30-37-31-33-46-45-27-12-13-29-49(45)52-50(46)47(37)35-39/h1-35H. The summed E-state index contributed by atoms with van der Waals surface area (Å²) in [7, 11) is -2.77. The van der Waals surface area contributed by atoms with Gasteiger partial charge in [0.1, 0.15) is 11.2 Å². The van der Waals surface area contributed by atoms with Crippen molar-refractivity contribution in [2.75, 3.05) is 4.90 Å². The fourth-order valence-electron chi connectivity index (χ4n) is 8.40. The minimum absolute atomic E-state index is 0.906. The van der Waals surface area contributed by atoms with Gasteiger partial charge in [0.2, 0.25) is 0 Å². The molecule has 0 aliphatic heterocycles. The number of fused-ring (bicyclic) bond motifs is 6. The normalized spacial score (nSPS) is 11.8. The second-order valence-corrected chi connectivity index (χ2v) is 17.5. The minimum Gasteiger partial charge on any atom is -0.455 e. The quantitative estimate of drug-likeness (QED) is 0.122. The van der Waals surface area contributed by atoms with Crippen molar-refractivity contribution in [2.24, 2.45) is 0 Å². The maximum atomic E-state index is 6.58. The van der Waals surface area contributed by atoms with Crippen LogP contribution < -0.4 is 25.6 Å². The van der Waals surface area contributed by atoms with Gasteiger partial charge >= 0.3 is 0 Å². The Morgan fingerprint density at radius 2 is 0.868 bits per heavy atom. The Hall–Kier alpha value is -6.68. The Morgan fingerprint density at radius 1 is 0.340 bits per heavy atom. The van der Waals surface area contributed by atoms with Crippen LogP contribution in [-0.2, 0) is 0 Å². The van der Waals surface area contributed by atoms with Crippen molar-refractivity contribution in [3.63, 3.8) is 0 Å². The number of furan rings is 1. The van der Waals surface area contributed by atoms with Crippen LogP contribution in [0.25, 0.3) is 43.5 Å². The highest BCUT2D eigenvalue weighted by Gasteiger charge is 2.41. The number of nitrogens with zero attached hydrogens (tertiary/aromatic N) is 1. The van der Waals surface area contributed by atoms with Gasteiger partial charge in [-0.2, -0.15) is 0 Å². The summed E-state index contributed by atoms with van der Waals surface area (Å²) in [5.74, 6) is 0. The fourth-order valence-corrected chi connectivity index (χ4v) is 13.2. The summed E-state index contributed by atoms with van der Waals surface area (Å²) >= 11 is 0. The van der Waals surface area contributed by atoms with E-state index in [2.05, 4.69) is 211 Å². The van der Waals surface area contributed by atoms with Crippen LogP contribution in [0.15, 0.2) is 217 Å². The molecule has 0 unspecified atom stereocenters. The molecule has 0 fully saturated rings. The van der Waals surface area contributed by atoms with Crippen molar-refractivity contribution in [3.05, 3.63) is 212 Å². The molecular formula is C50H35NOSi. The minimum atomic E-state index is -2.77. The summed E-state index contributed by atoms with van der Waals surface area (Å²) in [5, 5.41) is 12.3. The van der Waals surface area contributed by atoms with E-state index in [4.69, 9.17) is 4.42 Å². The van der Waals surface area contributed by atoms with Gasteiger partial charge in [0.05, 0.1) is 5.69 Å². The molecule has 9 aromatic carbocycles. The molecule has 0 spiro atoms. The average molecular weight is 694 g/mol. The Labute approximate surface area is 309 Å². The fraction of sp³-hybridized carbons (Fsp3) is 0. The van der Waals surface area contributed by atoms with Gasteiger partial charge in [-0.3, -0.25) is 0 Å². The first-order chi connectivity index (χ1) is 26.3. The van der Waals surface area contributed by atoms with Crippen molar-refractivity contribution < 1.29 is 4.42 Å². The van der Waals surface area contributed by atoms with Crippen molar-refractivity contribution in [3.8, 4) is 0 Å². The number of hydrogen-bond acceptors (Lipinski definition) is 2. The van der Waals surface area contributed by atoms with E-state index in [1.165, 1.54) is 31.5 Å². The Morgan fingerprint density at radius 3 is 1.58 bits per heavy atom. The largest absolute Gasteiger partial charge is 0.455 e. The van der Waals surface area contributed by atoms with Gasteiger partial charge < -0.3 is 9.32 Å². The monoisotopic (exact) mass is 693 g/mol. The summed E-state index contributed by atoms with van der Waals surface area (Å²) in [6, 6.07) is 77.5. The number of benzene rings is 9. The summed E-state index contributed by atoms with van der Waals surface area (Å²) in [6.45, 7) is 0. The molecule has 2 nitrogen and oxygen atoms in total. The number of anilines is 3. The predicted octanol–water partition coefficient (Wildman–Crippen LogP) is 10.7. The first-order valence-corrected chi connectivity index (χ1v) is 20.2. The summed E-state index contributed by atoms with van der Waals surface area (Å²) in [4.78, 5) is 2.44. The molecule has 0 saturated carbocycles. The smallest absolute Gasteiger partial charge is 0.179 e. The van der Waals surface area contributed by atoms with Crippen molar-refractivity contribution in [2.45, 2.75) is 0 Å². The Bertz CT molecular complexity index is 2800. The van der Waals surface area contributed by atoms with Crippen LogP contribution in [-0.4, -0.2) is 8.07 Å². The number of rotatable bonds is 7. The SMILES string of the molecule is c1ccc([Si](c2ccccc2)(c2ccccc2)c2cccc(N(c3ccc4ccc5c6ccccc6oc5c4c3)c3cccc4ccccc34)c2)cc1. The molecule has 0 radical (unpaired) electrons. The molecule has 250 valence electrons. The molecule has 0 aliphatic rings. The third kappa shape index (κ3) is 5.08. The van der Waals surface area contributed by atoms with Crippen LogP contribution in [0.4, 0.5) is 17.1 Å². The molecule has 1 heterocycles. The van der Waals surface area contributed by atoms with E-state index in [1.807, 2.05) is 6.07 Å². The third-order valence-electron chi connectivity index (χ3n) is 10.8. The zero-order valence-electron chi connectivity index (χ0n) is 29.1. The van der Waals surface area contributed by atoms with Gasteiger partial charge in [0, 0.05) is 32.9 Å². The average Bonchev–Trinajstić information content (AvgIpc) is 3.62. The number of para-hydroxylation sites is 1. The highest BCUT2D eigenvalue weighted by atomic mass is 28.3. The van der Waals surface area contributed by atoms with E-state index in [0.717, 1.165) is 49.8 Å². The van der Waals surface area contributed by atoms with E-state index in [-0.39, 0.29) is 0 Å². The maximum Gasteiger partial charge on any atom is 0.179 e. The van der Waals surface area contributed by atoms with E-state index in [9.17, 15) is 0 Å². The molecule has 0 saturated heterocycles. The van der Waals surface area contributed by atoms with Crippen LogP contribution in [0.5, 0.6) is 0 Å². The third-order valence-corrected chi connectivity index (χ3v) is 15.5. The summed E-state index contributed by atoms with van der Waals surface area (Å²) in [5.41, 5.74) is 5.13. The highest BCUT2D eigenvalue weighted by molar-refractivity contribution is 7.19. The van der Waals surface area contributed by atoms with Gasteiger partial charge in [-0.1, -0.05) is 170 Å². The molecule has 3 heteroatoms. The molecule has 0 amide bonds. The lowest BCUT2D eigenvalue weighted by molar-refractivity contribution is 0.672. The van der Waals surface area contributed by atoms with Crippen molar-refractivity contribution in [1.29, 1.82) is 0 Å². The zero-order chi connectivity index (χ0) is 35.2. The van der Waals surface area contributed by atoms with Gasteiger partial charge in [-0.25, -0.2) is 0 Å². The molecule has 0 atom stereocenters. The lowest BCUT2D eigenvalue weighted by Crippen LogP contribution is -2.74. The molecule has 10 aromatic rings. The van der Waals surface area contributed by atoms with Crippen molar-refractivity contribution >= 4 is 89.4 Å². The first-order valence-electron chi connectivity index (χ1n) is 18.2. The van der Waals surface area contributed by atoms with Gasteiger partial charge in [-0.15, -0.1) is 0 Å². The van der Waals surface area contributed by atoms with E-state index in [1.54, 1.807) is 0 Å². The lowest BCUT2D eigenvalue weighted by atomic mass is 10.0. The van der Waals surface area contributed by atoms with E-state index >= 15 is 0 Å². The predicted molar refractivity (Wildman–Crippen MR) is 227 cm³/mol. The van der Waals surface area contributed by atoms with Gasteiger partial charge in [-0.05, 0) is 74.0 Å². The molecular weight excluding hydrogens is 659 g/mol. The zero-order valence-corrected chi connectivity index (χ0v) is 30.1. The number of hydrogen-bond donors (Lipinski definition) is 0. The van der Waals surface area contributed by atoms with Crippen LogP contribution in [0, 0.1) is 0 Å². The van der Waals surface area contributed by atoms with E-state index in [0.29, 0.717) is 0 Å². The lowest BCUT2D eigenvalue weighted by Gasteiger charge is -2.35. The topological polar surface area (TPSA) is 16.4 Å². The molecule has 53 heavy (non-hydrogen) atoms. The molecule has 0 bridgehead atoms. The summed E-state index contributed by atoms with van der Waals surface area (Å²) < 4.78 is 6.58. The Kier molecular flexibility index (Phi) is 7.52. The second kappa shape index (κ2) is 12.8. The van der Waals surface area contributed by atoms with Gasteiger partial charge in [0.15, 0.2) is 8.07 Å². The van der Waals surface area contributed by atoms with Crippen molar-refractivity contribution in [1.82, 2.24) is 0 Å². The maximum absolute atomic E-state index is 6.58. The second-order valence-electron chi connectivity index (χ2n) is 13.7. The summed E-state index contributed by atoms with van der Waals surface area (Å²) in [6.07, 6.45) is 0. The highest BCUT2D eigenvalue weighted by Crippen LogP contribution is 2.42. The van der Waals surface area contributed by atoms with E-state index < -0.39 is 8.07 Å². The van der Waals surface area contributed by atoms with Crippen LogP contribution >= 0.6 is 0 Å². The molecule has 10 rings (SSSR count).